The molecule has 0 spiro atoms. The van der Waals surface area contributed by atoms with Crippen LogP contribution in [0, 0.1) is 5.92 Å². The Morgan fingerprint density at radius 1 is 1.10 bits per heavy atom. The van der Waals surface area contributed by atoms with Crippen LogP contribution in [0.1, 0.15) is 12.0 Å². The van der Waals surface area contributed by atoms with Gasteiger partial charge in [-0.3, -0.25) is 0 Å². The molecule has 2 amide bonds. The third-order valence-corrected chi connectivity index (χ3v) is 6.57. The molecule has 0 radical (unpaired) electrons. The maximum Gasteiger partial charge on any atom is 0.317 e. The van der Waals surface area contributed by atoms with Crippen LogP contribution >= 0.6 is 15.9 Å². The zero-order valence-corrected chi connectivity index (χ0v) is 19.7. The van der Waals surface area contributed by atoms with Crippen molar-refractivity contribution in [2.24, 2.45) is 5.92 Å². The summed E-state index contributed by atoms with van der Waals surface area (Å²) in [5, 5.41) is 3.12. The zero-order valence-electron chi connectivity index (χ0n) is 18.1. The third-order valence-electron chi connectivity index (χ3n) is 6.08. The van der Waals surface area contributed by atoms with Gasteiger partial charge in [0.1, 0.15) is 0 Å². The van der Waals surface area contributed by atoms with Crippen LogP contribution in [0.3, 0.4) is 0 Å². The molecule has 0 aliphatic carbocycles. The topological polar surface area (TPSA) is 48.1 Å². The molecule has 7 heteroatoms. The van der Waals surface area contributed by atoms with Gasteiger partial charge in [-0.25, -0.2) is 4.79 Å². The van der Waals surface area contributed by atoms with E-state index in [0.717, 1.165) is 55.8 Å². The summed E-state index contributed by atoms with van der Waals surface area (Å²) in [4.78, 5) is 19.1. The minimum Gasteiger partial charge on any atom is -0.378 e. The van der Waals surface area contributed by atoms with Crippen molar-refractivity contribution in [3.63, 3.8) is 0 Å². The number of carbonyl (C=O) groups excluding carboxylic acids is 1. The fourth-order valence-corrected chi connectivity index (χ4v) is 4.64. The van der Waals surface area contributed by atoms with Crippen LogP contribution in [-0.2, 0) is 11.3 Å². The minimum absolute atomic E-state index is 0.0156. The number of benzene rings is 2. The van der Waals surface area contributed by atoms with Crippen molar-refractivity contribution >= 4 is 33.3 Å². The fourth-order valence-electron chi connectivity index (χ4n) is 4.25. The summed E-state index contributed by atoms with van der Waals surface area (Å²) in [6, 6.07) is 16.9. The molecule has 1 N–H and O–H groups in total. The van der Waals surface area contributed by atoms with Gasteiger partial charge in [0.25, 0.3) is 0 Å². The molecule has 2 aliphatic heterocycles. The maximum absolute atomic E-state index is 12.6. The Morgan fingerprint density at radius 2 is 1.87 bits per heavy atom. The van der Waals surface area contributed by atoms with E-state index < -0.39 is 0 Å². The number of nitrogens with zero attached hydrogens (tertiary/aromatic N) is 3. The van der Waals surface area contributed by atoms with Gasteiger partial charge in [0, 0.05) is 62.2 Å². The predicted molar refractivity (Wildman–Crippen MR) is 129 cm³/mol. The van der Waals surface area contributed by atoms with Crippen LogP contribution in [0.25, 0.3) is 0 Å². The first-order valence-corrected chi connectivity index (χ1v) is 11.8. The van der Waals surface area contributed by atoms with E-state index in [1.54, 1.807) is 4.90 Å². The monoisotopic (exact) mass is 486 g/mol. The molecule has 2 heterocycles. The maximum atomic E-state index is 12.6. The number of morpholine rings is 1. The van der Waals surface area contributed by atoms with Crippen LogP contribution < -0.4 is 15.1 Å². The molecule has 0 aromatic heterocycles. The van der Waals surface area contributed by atoms with Crippen LogP contribution in [0.5, 0.6) is 0 Å². The van der Waals surface area contributed by atoms with Crippen LogP contribution in [-0.4, -0.2) is 63.9 Å². The molecule has 1 atom stereocenters. The summed E-state index contributed by atoms with van der Waals surface area (Å²) in [5.74, 6) is 0.476. The van der Waals surface area contributed by atoms with E-state index in [2.05, 4.69) is 73.5 Å². The second-order valence-electron chi connectivity index (χ2n) is 8.39. The van der Waals surface area contributed by atoms with E-state index in [1.807, 2.05) is 13.1 Å². The van der Waals surface area contributed by atoms with Gasteiger partial charge in [0.05, 0.1) is 13.2 Å². The molecule has 166 valence electrons. The Bertz CT molecular complexity index is 870. The number of halogens is 1. The van der Waals surface area contributed by atoms with E-state index in [1.165, 1.54) is 11.4 Å². The molecule has 31 heavy (non-hydrogen) atoms. The van der Waals surface area contributed by atoms with E-state index in [4.69, 9.17) is 4.74 Å². The Hall–Kier alpha value is -2.25. The quantitative estimate of drug-likeness (QED) is 0.671. The lowest BCUT2D eigenvalue weighted by Gasteiger charge is -2.29. The van der Waals surface area contributed by atoms with Crippen molar-refractivity contribution in [3.05, 3.63) is 58.6 Å². The number of urea groups is 1. The van der Waals surface area contributed by atoms with E-state index in [-0.39, 0.29) is 6.03 Å². The average Bonchev–Trinajstić information content (AvgIpc) is 3.28. The molecule has 0 bridgehead atoms. The predicted octanol–water partition coefficient (Wildman–Crippen LogP) is 3.95. The Kier molecular flexibility index (Phi) is 7.35. The van der Waals surface area contributed by atoms with Crippen LogP contribution in [0.2, 0.25) is 0 Å². The highest BCUT2D eigenvalue weighted by atomic mass is 79.9. The second kappa shape index (κ2) is 10.4. The van der Waals surface area contributed by atoms with E-state index in [9.17, 15) is 4.79 Å². The molecule has 6 nitrogen and oxygen atoms in total. The smallest absolute Gasteiger partial charge is 0.317 e. The van der Waals surface area contributed by atoms with Gasteiger partial charge in [-0.05, 0) is 48.2 Å². The first-order valence-electron chi connectivity index (χ1n) is 11.0. The number of amides is 2. The van der Waals surface area contributed by atoms with Crippen molar-refractivity contribution in [1.82, 2.24) is 10.2 Å². The minimum atomic E-state index is -0.0156. The fraction of sp³-hybridized carbons (Fsp3) is 0.458. The van der Waals surface area contributed by atoms with Crippen molar-refractivity contribution in [2.75, 3.05) is 62.8 Å². The summed E-state index contributed by atoms with van der Waals surface area (Å²) in [6.07, 6.45) is 1.10. The number of hydrogen-bond acceptors (Lipinski definition) is 4. The SMILES string of the molecule is CN(Cc1ccc(N2CCOCC2)cc1)C(=O)NCC1CCN(c2cccc(Br)c2)C1. The van der Waals surface area contributed by atoms with Gasteiger partial charge in [-0.2, -0.15) is 0 Å². The highest BCUT2D eigenvalue weighted by molar-refractivity contribution is 9.10. The second-order valence-corrected chi connectivity index (χ2v) is 9.30. The standard InChI is InChI=1S/C24H31BrN4O2/c1-27(17-19-5-7-22(8-6-19)28-11-13-31-14-12-28)24(30)26-16-20-9-10-29(18-20)23-4-2-3-21(25)15-23/h2-8,15,20H,9-14,16-18H2,1H3,(H,26,30). The molecule has 2 aromatic rings. The highest BCUT2D eigenvalue weighted by Crippen LogP contribution is 2.26. The molecule has 1 unspecified atom stereocenters. The van der Waals surface area contributed by atoms with Gasteiger partial charge in [-0.1, -0.05) is 34.1 Å². The van der Waals surface area contributed by atoms with Gasteiger partial charge < -0.3 is 24.8 Å². The van der Waals surface area contributed by atoms with E-state index in [0.29, 0.717) is 19.0 Å². The van der Waals surface area contributed by atoms with Crippen molar-refractivity contribution < 1.29 is 9.53 Å². The van der Waals surface area contributed by atoms with E-state index >= 15 is 0 Å². The van der Waals surface area contributed by atoms with Crippen molar-refractivity contribution in [1.29, 1.82) is 0 Å². The van der Waals surface area contributed by atoms with Gasteiger partial charge in [0.15, 0.2) is 0 Å². The lowest BCUT2D eigenvalue weighted by Crippen LogP contribution is -2.39. The number of nitrogens with one attached hydrogen (secondary N) is 1. The normalized spacial score (nSPS) is 18.8. The lowest BCUT2D eigenvalue weighted by molar-refractivity contribution is 0.122. The number of carbonyl (C=O) groups is 1. The summed E-state index contributed by atoms with van der Waals surface area (Å²) < 4.78 is 6.52. The third kappa shape index (κ3) is 5.92. The van der Waals surface area contributed by atoms with Gasteiger partial charge in [-0.15, -0.1) is 0 Å². The van der Waals surface area contributed by atoms with Crippen LogP contribution in [0.15, 0.2) is 53.0 Å². The van der Waals surface area contributed by atoms with Gasteiger partial charge in [0.2, 0.25) is 0 Å². The number of hydrogen-bond donors (Lipinski definition) is 1. The van der Waals surface area contributed by atoms with Crippen molar-refractivity contribution in [3.8, 4) is 0 Å². The molecule has 2 aromatic carbocycles. The molecular weight excluding hydrogens is 456 g/mol. The molecule has 0 saturated carbocycles. The molecule has 2 saturated heterocycles. The lowest BCUT2D eigenvalue weighted by atomic mass is 10.1. The summed E-state index contributed by atoms with van der Waals surface area (Å²) in [7, 11) is 1.85. The summed E-state index contributed by atoms with van der Waals surface area (Å²) in [5.41, 5.74) is 3.59. The number of anilines is 2. The Labute approximate surface area is 193 Å². The first-order chi connectivity index (χ1) is 15.1. The zero-order chi connectivity index (χ0) is 21.6. The van der Waals surface area contributed by atoms with Crippen LogP contribution in [0.4, 0.5) is 16.2 Å². The Morgan fingerprint density at radius 3 is 2.61 bits per heavy atom. The first kappa shape index (κ1) is 22.0. The van der Waals surface area contributed by atoms with Crippen molar-refractivity contribution in [2.45, 2.75) is 13.0 Å². The van der Waals surface area contributed by atoms with Gasteiger partial charge >= 0.3 is 6.03 Å². The largest absolute Gasteiger partial charge is 0.378 e. The molecular formula is C24H31BrN4O2. The Balaban J connectivity index is 1.22. The average molecular weight is 487 g/mol. The molecule has 2 aliphatic rings. The summed E-state index contributed by atoms with van der Waals surface area (Å²) >= 11 is 3.54. The number of rotatable bonds is 6. The molecule has 4 rings (SSSR count). The highest BCUT2D eigenvalue weighted by Gasteiger charge is 2.23. The number of ether oxygens (including phenoxy) is 1. The molecule has 2 fully saturated rings. The summed E-state index contributed by atoms with van der Waals surface area (Å²) in [6.45, 7) is 6.75.